The van der Waals surface area contributed by atoms with Crippen LogP contribution in [0.2, 0.25) is 0 Å². The Balaban J connectivity index is 2.06. The summed E-state index contributed by atoms with van der Waals surface area (Å²) < 4.78 is 1.78. The minimum atomic E-state index is -0.796. The number of nitrogens with zero attached hydrogens (tertiary/aromatic N) is 1. The zero-order valence-electron chi connectivity index (χ0n) is 9.72. The average Bonchev–Trinajstić information content (AvgIpc) is 2.88. The van der Waals surface area contributed by atoms with Crippen LogP contribution in [0.3, 0.4) is 0 Å². The molecule has 0 aliphatic heterocycles. The SMILES string of the molecule is O=C(O)CCCn1c(C2CCCC2)csc1=O. The van der Waals surface area contributed by atoms with Crippen LogP contribution in [0, 0.1) is 0 Å². The molecule has 1 aliphatic carbocycles. The molecule has 0 aromatic carbocycles. The summed E-state index contributed by atoms with van der Waals surface area (Å²) in [5.41, 5.74) is 1.13. The molecule has 1 N–H and O–H groups in total. The van der Waals surface area contributed by atoms with Gasteiger partial charge in [0.2, 0.25) is 0 Å². The van der Waals surface area contributed by atoms with Crippen molar-refractivity contribution in [1.29, 1.82) is 0 Å². The van der Waals surface area contributed by atoms with Crippen molar-refractivity contribution in [3.63, 3.8) is 0 Å². The van der Waals surface area contributed by atoms with E-state index in [2.05, 4.69) is 0 Å². The molecule has 2 rings (SSSR count). The van der Waals surface area contributed by atoms with Crippen LogP contribution >= 0.6 is 11.3 Å². The molecule has 5 heteroatoms. The number of carbonyl (C=O) groups is 1. The quantitative estimate of drug-likeness (QED) is 0.879. The van der Waals surface area contributed by atoms with Gasteiger partial charge >= 0.3 is 10.8 Å². The second kappa shape index (κ2) is 5.49. The lowest BCUT2D eigenvalue weighted by molar-refractivity contribution is -0.137. The van der Waals surface area contributed by atoms with Gasteiger partial charge in [0.15, 0.2) is 0 Å². The van der Waals surface area contributed by atoms with E-state index in [4.69, 9.17) is 5.11 Å². The van der Waals surface area contributed by atoms with Gasteiger partial charge in [0, 0.05) is 30.0 Å². The number of carboxylic acids is 1. The van der Waals surface area contributed by atoms with E-state index in [1.165, 1.54) is 24.2 Å². The smallest absolute Gasteiger partial charge is 0.307 e. The van der Waals surface area contributed by atoms with E-state index in [1.807, 2.05) is 5.38 Å². The summed E-state index contributed by atoms with van der Waals surface area (Å²) in [6.07, 6.45) is 5.47. The Labute approximate surface area is 104 Å². The molecule has 1 aromatic heterocycles. The molecule has 0 saturated heterocycles. The maximum absolute atomic E-state index is 11.7. The van der Waals surface area contributed by atoms with Crippen molar-refractivity contribution in [2.24, 2.45) is 0 Å². The van der Waals surface area contributed by atoms with E-state index >= 15 is 0 Å². The van der Waals surface area contributed by atoms with Crippen LogP contribution in [-0.2, 0) is 11.3 Å². The van der Waals surface area contributed by atoms with E-state index in [0.29, 0.717) is 18.9 Å². The molecule has 0 atom stereocenters. The number of carboxylic acid groups (broad SMARTS) is 1. The molecular weight excluding hydrogens is 238 g/mol. The molecule has 0 spiro atoms. The highest BCUT2D eigenvalue weighted by molar-refractivity contribution is 7.07. The second-order valence-electron chi connectivity index (χ2n) is 4.56. The van der Waals surface area contributed by atoms with Crippen LogP contribution in [0.1, 0.15) is 50.1 Å². The lowest BCUT2D eigenvalue weighted by Gasteiger charge is -2.12. The zero-order valence-corrected chi connectivity index (χ0v) is 10.5. The molecule has 0 bridgehead atoms. The van der Waals surface area contributed by atoms with Crippen molar-refractivity contribution in [3.05, 3.63) is 20.7 Å². The highest BCUT2D eigenvalue weighted by Crippen LogP contribution is 2.34. The average molecular weight is 255 g/mol. The summed E-state index contributed by atoms with van der Waals surface area (Å²) in [5.74, 6) is -0.283. The van der Waals surface area contributed by atoms with Crippen molar-refractivity contribution >= 4 is 17.3 Å². The van der Waals surface area contributed by atoms with E-state index in [9.17, 15) is 9.59 Å². The van der Waals surface area contributed by atoms with Crippen LogP contribution < -0.4 is 4.87 Å². The van der Waals surface area contributed by atoms with Crippen LogP contribution in [0.4, 0.5) is 0 Å². The van der Waals surface area contributed by atoms with Crippen molar-refractivity contribution in [2.45, 2.75) is 51.0 Å². The van der Waals surface area contributed by atoms with Gasteiger partial charge in [0.25, 0.3) is 0 Å². The van der Waals surface area contributed by atoms with Gasteiger partial charge in [-0.3, -0.25) is 9.59 Å². The first-order chi connectivity index (χ1) is 8.18. The lowest BCUT2D eigenvalue weighted by Crippen LogP contribution is -2.18. The Morgan fingerprint density at radius 2 is 2.18 bits per heavy atom. The number of hydrogen-bond acceptors (Lipinski definition) is 3. The molecular formula is C12H17NO3S. The molecule has 1 heterocycles. The first-order valence-corrected chi connectivity index (χ1v) is 6.96. The van der Waals surface area contributed by atoms with Crippen LogP contribution in [-0.4, -0.2) is 15.6 Å². The first-order valence-electron chi connectivity index (χ1n) is 6.08. The fraction of sp³-hybridized carbons (Fsp3) is 0.667. The molecule has 0 amide bonds. The maximum atomic E-state index is 11.7. The minimum absolute atomic E-state index is 0.0530. The normalized spacial score (nSPS) is 16.5. The summed E-state index contributed by atoms with van der Waals surface area (Å²) >= 11 is 1.24. The third-order valence-corrected chi connectivity index (χ3v) is 4.14. The molecule has 1 aliphatic rings. The van der Waals surface area contributed by atoms with Crippen molar-refractivity contribution in [2.75, 3.05) is 0 Å². The van der Waals surface area contributed by atoms with Crippen LogP contribution in [0.15, 0.2) is 10.2 Å². The van der Waals surface area contributed by atoms with Gasteiger partial charge in [-0.15, -0.1) is 0 Å². The Bertz CT molecular complexity index is 443. The van der Waals surface area contributed by atoms with Gasteiger partial charge in [0.1, 0.15) is 0 Å². The van der Waals surface area contributed by atoms with Gasteiger partial charge in [-0.2, -0.15) is 0 Å². The summed E-state index contributed by atoms with van der Waals surface area (Å²) in [6, 6.07) is 0. The Kier molecular flexibility index (Phi) is 3.99. The van der Waals surface area contributed by atoms with E-state index in [0.717, 1.165) is 18.5 Å². The van der Waals surface area contributed by atoms with Crippen LogP contribution in [0.25, 0.3) is 0 Å². The van der Waals surface area contributed by atoms with Crippen LogP contribution in [0.5, 0.6) is 0 Å². The van der Waals surface area contributed by atoms with Gasteiger partial charge in [-0.25, -0.2) is 0 Å². The van der Waals surface area contributed by atoms with Crippen molar-refractivity contribution in [1.82, 2.24) is 4.57 Å². The largest absolute Gasteiger partial charge is 0.481 e. The molecule has 1 fully saturated rings. The Morgan fingerprint density at radius 1 is 1.47 bits per heavy atom. The van der Waals surface area contributed by atoms with Gasteiger partial charge < -0.3 is 9.67 Å². The molecule has 0 radical (unpaired) electrons. The standard InChI is InChI=1S/C12H17NO3S/c14-11(15)6-3-7-13-10(8-17-12(13)16)9-4-1-2-5-9/h8-9H,1-7H2,(H,14,15). The third-order valence-electron chi connectivity index (χ3n) is 3.36. The molecule has 17 heavy (non-hydrogen) atoms. The molecule has 1 aromatic rings. The van der Waals surface area contributed by atoms with E-state index in [-0.39, 0.29) is 11.3 Å². The summed E-state index contributed by atoms with van der Waals surface area (Å²) in [4.78, 5) is 22.2. The fourth-order valence-electron chi connectivity index (χ4n) is 2.49. The molecule has 0 unspecified atom stereocenters. The zero-order chi connectivity index (χ0) is 12.3. The summed E-state index contributed by atoms with van der Waals surface area (Å²) in [5, 5.41) is 10.6. The number of aromatic nitrogens is 1. The fourth-order valence-corrected chi connectivity index (χ4v) is 3.36. The van der Waals surface area contributed by atoms with E-state index in [1.54, 1.807) is 4.57 Å². The van der Waals surface area contributed by atoms with Crippen molar-refractivity contribution < 1.29 is 9.90 Å². The summed E-state index contributed by atoms with van der Waals surface area (Å²) in [6.45, 7) is 0.542. The highest BCUT2D eigenvalue weighted by Gasteiger charge is 2.21. The second-order valence-corrected chi connectivity index (χ2v) is 5.38. The first kappa shape index (κ1) is 12.4. The highest BCUT2D eigenvalue weighted by atomic mass is 32.1. The van der Waals surface area contributed by atoms with Gasteiger partial charge in [0.05, 0.1) is 0 Å². The maximum Gasteiger partial charge on any atom is 0.307 e. The van der Waals surface area contributed by atoms with Crippen molar-refractivity contribution in [3.8, 4) is 0 Å². The predicted molar refractivity (Wildman–Crippen MR) is 66.7 cm³/mol. The lowest BCUT2D eigenvalue weighted by atomic mass is 10.1. The Hall–Kier alpha value is -1.10. The third kappa shape index (κ3) is 2.97. The van der Waals surface area contributed by atoms with E-state index < -0.39 is 5.97 Å². The number of hydrogen-bond donors (Lipinski definition) is 1. The number of rotatable bonds is 5. The number of aliphatic carboxylic acids is 1. The molecule has 94 valence electrons. The number of thiazole rings is 1. The summed E-state index contributed by atoms with van der Waals surface area (Å²) in [7, 11) is 0. The topological polar surface area (TPSA) is 59.3 Å². The Morgan fingerprint density at radius 3 is 2.82 bits per heavy atom. The predicted octanol–water partition coefficient (Wildman–Crippen LogP) is 2.43. The molecule has 4 nitrogen and oxygen atoms in total. The van der Waals surface area contributed by atoms with Gasteiger partial charge in [-0.1, -0.05) is 24.2 Å². The van der Waals surface area contributed by atoms with Gasteiger partial charge in [-0.05, 0) is 19.3 Å². The molecule has 1 saturated carbocycles. The monoisotopic (exact) mass is 255 g/mol. The minimum Gasteiger partial charge on any atom is -0.481 e.